The predicted octanol–water partition coefficient (Wildman–Crippen LogP) is 6.85. The number of benzene rings is 2. The molecule has 208 valence electrons. The quantitative estimate of drug-likeness (QED) is 0.190. The molecule has 0 aliphatic carbocycles. The van der Waals surface area contributed by atoms with Crippen LogP contribution in [0.5, 0.6) is 5.75 Å². The Bertz CT molecular complexity index is 1090. The van der Waals surface area contributed by atoms with Gasteiger partial charge in [-0.1, -0.05) is 77.9 Å². The summed E-state index contributed by atoms with van der Waals surface area (Å²) in [5.74, 6) is -0.554. The molecule has 7 nitrogen and oxygen atoms in total. The molecule has 0 saturated heterocycles. The Labute approximate surface area is 226 Å². The summed E-state index contributed by atoms with van der Waals surface area (Å²) in [6.07, 6.45) is 0.417. The van der Waals surface area contributed by atoms with Gasteiger partial charge in [0.2, 0.25) is 0 Å². The fourth-order valence-corrected chi connectivity index (χ4v) is 4.11. The second kappa shape index (κ2) is 13.4. The summed E-state index contributed by atoms with van der Waals surface area (Å²) in [6, 6.07) is 12.9. The van der Waals surface area contributed by atoms with Gasteiger partial charge in [0.1, 0.15) is 12.4 Å². The van der Waals surface area contributed by atoms with Crippen LogP contribution in [0.25, 0.3) is 0 Å². The molecule has 0 aromatic heterocycles. The molecule has 0 N–H and O–H groups in total. The van der Waals surface area contributed by atoms with Crippen LogP contribution < -0.4 is 4.74 Å². The van der Waals surface area contributed by atoms with Crippen molar-refractivity contribution in [2.45, 2.75) is 92.8 Å². The van der Waals surface area contributed by atoms with Crippen LogP contribution in [-0.2, 0) is 42.2 Å². The van der Waals surface area contributed by atoms with E-state index < -0.39 is 18.7 Å². The second-order valence-electron chi connectivity index (χ2n) is 11.9. The van der Waals surface area contributed by atoms with Crippen LogP contribution in [0.1, 0.15) is 83.6 Å². The fraction of sp³-hybridized carbons (Fsp3) is 0.516. The predicted molar refractivity (Wildman–Crippen MR) is 146 cm³/mol. The monoisotopic (exact) mass is 526 g/mol. The van der Waals surface area contributed by atoms with Gasteiger partial charge >= 0.3 is 18.1 Å². The summed E-state index contributed by atoms with van der Waals surface area (Å²) in [7, 11) is 0. The highest BCUT2D eigenvalue weighted by Crippen LogP contribution is 2.34. The second-order valence-corrected chi connectivity index (χ2v) is 11.9. The van der Waals surface area contributed by atoms with Gasteiger partial charge in [0.25, 0.3) is 0 Å². The first-order valence-corrected chi connectivity index (χ1v) is 13.0. The molecule has 1 unspecified atom stereocenters. The summed E-state index contributed by atoms with van der Waals surface area (Å²) in [5, 5.41) is 0. The summed E-state index contributed by atoms with van der Waals surface area (Å²) >= 11 is 0. The van der Waals surface area contributed by atoms with Gasteiger partial charge in [-0.05, 0) is 60.3 Å². The minimum Gasteiger partial charge on any atom is -0.463 e. The molecule has 0 fully saturated rings. The van der Waals surface area contributed by atoms with Crippen molar-refractivity contribution in [3.05, 3.63) is 64.7 Å². The topological polar surface area (TPSA) is 88.1 Å². The maximum atomic E-state index is 12.4. The van der Waals surface area contributed by atoms with E-state index in [1.165, 1.54) is 0 Å². The van der Waals surface area contributed by atoms with Gasteiger partial charge in [-0.15, -0.1) is 0 Å². The smallest absolute Gasteiger partial charge is 0.463 e. The molecule has 0 aliphatic rings. The van der Waals surface area contributed by atoms with E-state index in [9.17, 15) is 14.4 Å². The van der Waals surface area contributed by atoms with Gasteiger partial charge in [-0.3, -0.25) is 4.79 Å². The number of hydrogen-bond acceptors (Lipinski definition) is 7. The average molecular weight is 527 g/mol. The Hall–Kier alpha value is -3.35. The lowest BCUT2D eigenvalue weighted by molar-refractivity contribution is -0.150. The van der Waals surface area contributed by atoms with Crippen LogP contribution in [0.4, 0.5) is 4.79 Å². The molecule has 38 heavy (non-hydrogen) atoms. The molecular weight excluding hydrogens is 484 g/mol. The van der Waals surface area contributed by atoms with Crippen LogP contribution in [0.3, 0.4) is 0 Å². The number of rotatable bonds is 10. The first kappa shape index (κ1) is 30.9. The van der Waals surface area contributed by atoms with Gasteiger partial charge in [-0.25, -0.2) is 9.59 Å². The van der Waals surface area contributed by atoms with Crippen molar-refractivity contribution in [1.29, 1.82) is 0 Å². The molecule has 0 bridgehead atoms. The van der Waals surface area contributed by atoms with Gasteiger partial charge in [0, 0.05) is 12.0 Å². The zero-order valence-corrected chi connectivity index (χ0v) is 24.0. The van der Waals surface area contributed by atoms with Gasteiger partial charge in [-0.2, -0.15) is 0 Å². The van der Waals surface area contributed by atoms with Crippen molar-refractivity contribution in [1.82, 2.24) is 0 Å². The number of carbonyl (C=O) groups is 3. The maximum Gasteiger partial charge on any atom is 0.514 e. The first-order chi connectivity index (χ1) is 17.6. The molecule has 7 heteroatoms. The van der Waals surface area contributed by atoms with E-state index in [0.717, 1.165) is 28.7 Å². The van der Waals surface area contributed by atoms with Crippen LogP contribution in [0.2, 0.25) is 0 Å². The van der Waals surface area contributed by atoms with Crippen LogP contribution >= 0.6 is 0 Å². The molecule has 2 rings (SSSR count). The Balaban J connectivity index is 1.98. The third kappa shape index (κ3) is 11.0. The normalized spacial score (nSPS) is 12.4. The molecule has 2 aromatic carbocycles. The number of hydrogen-bond donors (Lipinski definition) is 0. The van der Waals surface area contributed by atoms with Crippen molar-refractivity contribution >= 4 is 18.1 Å². The van der Waals surface area contributed by atoms with E-state index in [4.69, 9.17) is 18.9 Å². The maximum absolute atomic E-state index is 12.4. The number of esters is 2. The van der Waals surface area contributed by atoms with Crippen molar-refractivity contribution in [2.75, 3.05) is 6.61 Å². The Morgan fingerprint density at radius 1 is 0.895 bits per heavy atom. The highest BCUT2D eigenvalue weighted by Gasteiger charge is 2.24. The van der Waals surface area contributed by atoms with Gasteiger partial charge in [0.15, 0.2) is 6.61 Å². The summed E-state index contributed by atoms with van der Waals surface area (Å²) < 4.78 is 21.2. The molecule has 1 atom stereocenters. The third-order valence-electron chi connectivity index (χ3n) is 5.82. The minimum absolute atomic E-state index is 0.0807. The molecule has 0 heterocycles. The van der Waals surface area contributed by atoms with Crippen LogP contribution in [0.15, 0.2) is 42.5 Å². The van der Waals surface area contributed by atoms with E-state index >= 15 is 0 Å². The zero-order chi connectivity index (χ0) is 28.5. The summed E-state index contributed by atoms with van der Waals surface area (Å²) in [6.45, 7) is 15.7. The molecule has 0 saturated carbocycles. The third-order valence-corrected chi connectivity index (χ3v) is 5.82. The van der Waals surface area contributed by atoms with E-state index in [2.05, 4.69) is 20.8 Å². The Morgan fingerprint density at radius 2 is 1.55 bits per heavy atom. The zero-order valence-electron chi connectivity index (χ0n) is 24.0. The lowest BCUT2D eigenvalue weighted by Gasteiger charge is -2.24. The minimum atomic E-state index is -0.990. The Kier molecular flexibility index (Phi) is 10.9. The van der Waals surface area contributed by atoms with Crippen molar-refractivity contribution < 1.29 is 33.3 Å². The van der Waals surface area contributed by atoms with Crippen molar-refractivity contribution in [3.8, 4) is 5.75 Å². The lowest BCUT2D eigenvalue weighted by Crippen LogP contribution is -2.22. The number of carbonyl (C=O) groups excluding carboxylic acids is 3. The molecule has 0 aliphatic heterocycles. The van der Waals surface area contributed by atoms with Crippen LogP contribution in [0, 0.1) is 12.3 Å². The molecule has 0 spiro atoms. The lowest BCUT2D eigenvalue weighted by atomic mass is 9.84. The number of ether oxygens (including phenoxy) is 4. The van der Waals surface area contributed by atoms with Crippen LogP contribution in [-0.4, -0.2) is 30.8 Å². The average Bonchev–Trinajstić information content (AvgIpc) is 2.79. The summed E-state index contributed by atoms with van der Waals surface area (Å²) in [4.78, 5) is 36.8. The van der Waals surface area contributed by atoms with E-state index in [1.807, 2.05) is 71.0 Å². The van der Waals surface area contributed by atoms with E-state index in [1.54, 1.807) is 6.07 Å². The van der Waals surface area contributed by atoms with E-state index in [-0.39, 0.29) is 35.9 Å². The van der Waals surface area contributed by atoms with Gasteiger partial charge in [0.05, 0.1) is 6.10 Å². The largest absolute Gasteiger partial charge is 0.514 e. The highest BCUT2D eigenvalue weighted by molar-refractivity contribution is 5.74. The SMILES string of the molecule is Cc1cc(OC(=O)OCC(=O)OCc2ccccc2)c(C(C)(C)C)cc1CCC(=O)OC(C)CC(C)(C)C. The number of aryl methyl sites for hydroxylation is 2. The standard InChI is InChI=1S/C31H42O7/c1-21-16-26(38-29(34)36-20-28(33)35-19-23-12-10-9-11-13-23)25(31(6,7)8)17-24(21)14-15-27(32)37-22(2)18-30(3,4)5/h9-13,16-17,22H,14-15,18-20H2,1-8H3. The molecular formula is C31H42O7. The van der Waals surface area contributed by atoms with E-state index in [0.29, 0.717) is 12.2 Å². The molecule has 0 radical (unpaired) electrons. The van der Waals surface area contributed by atoms with Crippen molar-refractivity contribution in [2.24, 2.45) is 5.41 Å². The first-order valence-electron chi connectivity index (χ1n) is 13.0. The summed E-state index contributed by atoms with van der Waals surface area (Å²) in [5.41, 5.74) is 3.20. The Morgan fingerprint density at radius 3 is 2.16 bits per heavy atom. The molecule has 0 amide bonds. The highest BCUT2D eigenvalue weighted by atomic mass is 16.7. The van der Waals surface area contributed by atoms with Gasteiger partial charge < -0.3 is 18.9 Å². The fourth-order valence-electron chi connectivity index (χ4n) is 4.11. The van der Waals surface area contributed by atoms with Crippen molar-refractivity contribution in [3.63, 3.8) is 0 Å². The molecule has 2 aromatic rings.